The predicted octanol–water partition coefficient (Wildman–Crippen LogP) is 3.62. The Bertz CT molecular complexity index is 538. The summed E-state index contributed by atoms with van der Waals surface area (Å²) in [5.74, 6) is 0. The van der Waals surface area contributed by atoms with Crippen LogP contribution >= 0.6 is 11.3 Å². The maximum atomic E-state index is 6.27. The van der Waals surface area contributed by atoms with Crippen molar-refractivity contribution in [3.05, 3.63) is 50.5 Å². The number of nitrogens with zero attached hydrogens (tertiary/aromatic N) is 1. The van der Waals surface area contributed by atoms with Gasteiger partial charge in [0.15, 0.2) is 0 Å². The van der Waals surface area contributed by atoms with E-state index >= 15 is 0 Å². The molecule has 0 saturated heterocycles. The fraction of sp³-hybridized carbons (Fsp3) is 0.400. The third-order valence-electron chi connectivity index (χ3n) is 3.43. The largest absolute Gasteiger partial charge is 0.324 e. The van der Waals surface area contributed by atoms with Crippen LogP contribution < -0.4 is 5.73 Å². The molecule has 0 fully saturated rings. The summed E-state index contributed by atoms with van der Waals surface area (Å²) >= 11 is 1.75. The van der Waals surface area contributed by atoms with Crippen LogP contribution in [0.2, 0.25) is 0 Å². The van der Waals surface area contributed by atoms with E-state index in [0.717, 1.165) is 17.1 Å². The lowest BCUT2D eigenvalue weighted by Gasteiger charge is -2.12. The van der Waals surface area contributed by atoms with Gasteiger partial charge >= 0.3 is 0 Å². The fourth-order valence-electron chi connectivity index (χ4n) is 1.93. The summed E-state index contributed by atoms with van der Waals surface area (Å²) in [7, 11) is 0. The highest BCUT2D eigenvalue weighted by molar-refractivity contribution is 7.11. The minimum Gasteiger partial charge on any atom is -0.324 e. The molecule has 3 heteroatoms. The normalized spacial score (nSPS) is 12.7. The van der Waals surface area contributed by atoms with E-state index in [1.54, 1.807) is 11.3 Å². The van der Waals surface area contributed by atoms with Crippen molar-refractivity contribution in [1.29, 1.82) is 0 Å². The molecule has 96 valence electrons. The maximum Gasteiger partial charge on any atom is 0.0949 e. The molecule has 2 N–H and O–H groups in total. The Hall–Kier alpha value is -1.19. The molecule has 0 spiro atoms. The molecule has 0 aliphatic heterocycles. The lowest BCUT2D eigenvalue weighted by Crippen LogP contribution is -2.13. The van der Waals surface area contributed by atoms with Gasteiger partial charge in [-0.25, -0.2) is 4.98 Å². The first-order chi connectivity index (χ1) is 8.47. The smallest absolute Gasteiger partial charge is 0.0949 e. The van der Waals surface area contributed by atoms with Crippen LogP contribution in [0, 0.1) is 27.7 Å². The van der Waals surface area contributed by atoms with Crippen molar-refractivity contribution in [2.75, 3.05) is 0 Å². The van der Waals surface area contributed by atoms with Gasteiger partial charge in [0, 0.05) is 17.3 Å². The monoisotopic (exact) mass is 260 g/mol. The Kier molecular flexibility index (Phi) is 3.83. The molecule has 1 aromatic heterocycles. The minimum absolute atomic E-state index is 0.0363. The molecular weight excluding hydrogens is 240 g/mol. The van der Waals surface area contributed by atoms with Crippen LogP contribution in [-0.2, 0) is 6.42 Å². The molecule has 1 atom stereocenters. The van der Waals surface area contributed by atoms with Crippen molar-refractivity contribution in [2.45, 2.75) is 40.2 Å². The number of aromatic nitrogens is 1. The van der Waals surface area contributed by atoms with E-state index in [2.05, 4.69) is 50.9 Å². The maximum absolute atomic E-state index is 6.27. The molecule has 1 aromatic carbocycles. The number of benzene rings is 1. The van der Waals surface area contributed by atoms with E-state index in [0.29, 0.717) is 0 Å². The average Bonchev–Trinajstić information content (AvgIpc) is 2.61. The van der Waals surface area contributed by atoms with E-state index in [-0.39, 0.29) is 6.04 Å². The fourth-order valence-corrected chi connectivity index (χ4v) is 2.92. The zero-order valence-electron chi connectivity index (χ0n) is 11.4. The summed E-state index contributed by atoms with van der Waals surface area (Å²) in [4.78, 5) is 5.84. The molecule has 1 heterocycles. The molecule has 0 bridgehead atoms. The van der Waals surface area contributed by atoms with E-state index < -0.39 is 0 Å². The van der Waals surface area contributed by atoms with Gasteiger partial charge in [-0.3, -0.25) is 0 Å². The van der Waals surface area contributed by atoms with Crippen molar-refractivity contribution in [3.63, 3.8) is 0 Å². The number of thiazole rings is 1. The van der Waals surface area contributed by atoms with E-state index in [1.807, 2.05) is 0 Å². The van der Waals surface area contributed by atoms with E-state index in [4.69, 9.17) is 5.73 Å². The topological polar surface area (TPSA) is 38.9 Å². The first-order valence-electron chi connectivity index (χ1n) is 6.23. The number of rotatable bonds is 3. The molecule has 0 amide bonds. The van der Waals surface area contributed by atoms with Crippen LogP contribution in [0.5, 0.6) is 0 Å². The van der Waals surface area contributed by atoms with Crippen molar-refractivity contribution >= 4 is 11.3 Å². The first kappa shape index (κ1) is 13.2. The third kappa shape index (κ3) is 2.79. The molecule has 2 aromatic rings. The standard InChI is InChI=1S/C15H20N2S/c1-9-5-6-13(7-10(9)2)14(16)8-15-17-11(3)12(4)18-15/h5-7,14H,8,16H2,1-4H3. The van der Waals surface area contributed by atoms with E-state index in [9.17, 15) is 0 Å². The lowest BCUT2D eigenvalue weighted by molar-refractivity contribution is 0.715. The van der Waals surface area contributed by atoms with Gasteiger partial charge in [-0.2, -0.15) is 0 Å². The summed E-state index contributed by atoms with van der Waals surface area (Å²) < 4.78 is 0. The molecule has 1 unspecified atom stereocenters. The third-order valence-corrected chi connectivity index (χ3v) is 4.52. The highest BCUT2D eigenvalue weighted by Gasteiger charge is 2.11. The zero-order chi connectivity index (χ0) is 13.3. The zero-order valence-corrected chi connectivity index (χ0v) is 12.3. The van der Waals surface area contributed by atoms with Crippen LogP contribution in [0.4, 0.5) is 0 Å². The summed E-state index contributed by atoms with van der Waals surface area (Å²) in [6.45, 7) is 8.41. The number of hydrogen-bond acceptors (Lipinski definition) is 3. The molecule has 0 aliphatic rings. The summed E-state index contributed by atoms with van der Waals surface area (Å²) in [6.07, 6.45) is 0.821. The van der Waals surface area contributed by atoms with Gasteiger partial charge in [0.2, 0.25) is 0 Å². The van der Waals surface area contributed by atoms with Crippen molar-refractivity contribution in [1.82, 2.24) is 4.98 Å². The second-order valence-electron chi connectivity index (χ2n) is 4.90. The van der Waals surface area contributed by atoms with Gasteiger partial charge in [-0.05, 0) is 44.4 Å². The average molecular weight is 260 g/mol. The number of hydrogen-bond donors (Lipinski definition) is 1. The SMILES string of the molecule is Cc1ccc(C(N)Cc2nc(C)c(C)s2)cc1C. The summed E-state index contributed by atoms with van der Waals surface area (Å²) in [6, 6.07) is 6.49. The first-order valence-corrected chi connectivity index (χ1v) is 7.04. The Morgan fingerprint density at radius 1 is 1.17 bits per heavy atom. The highest BCUT2D eigenvalue weighted by Crippen LogP contribution is 2.23. The molecule has 0 aliphatic carbocycles. The van der Waals surface area contributed by atoms with Crippen LogP contribution in [0.1, 0.15) is 38.3 Å². The number of aryl methyl sites for hydroxylation is 4. The van der Waals surface area contributed by atoms with Crippen molar-refractivity contribution < 1.29 is 0 Å². The van der Waals surface area contributed by atoms with Crippen molar-refractivity contribution in [3.8, 4) is 0 Å². The van der Waals surface area contributed by atoms with Gasteiger partial charge in [-0.1, -0.05) is 18.2 Å². The Morgan fingerprint density at radius 3 is 2.44 bits per heavy atom. The molecule has 2 nitrogen and oxygen atoms in total. The molecule has 0 saturated carbocycles. The Morgan fingerprint density at radius 2 is 1.89 bits per heavy atom. The quantitative estimate of drug-likeness (QED) is 0.915. The number of nitrogens with two attached hydrogens (primary N) is 1. The Labute approximate surface area is 113 Å². The van der Waals surface area contributed by atoms with Crippen LogP contribution in [0.15, 0.2) is 18.2 Å². The second kappa shape index (κ2) is 5.21. The van der Waals surface area contributed by atoms with Gasteiger partial charge in [0.1, 0.15) is 0 Å². The molecular formula is C15H20N2S. The van der Waals surface area contributed by atoms with Crippen molar-refractivity contribution in [2.24, 2.45) is 5.73 Å². The molecule has 2 rings (SSSR count). The van der Waals surface area contributed by atoms with Gasteiger partial charge in [0.05, 0.1) is 10.7 Å². The van der Waals surface area contributed by atoms with Gasteiger partial charge < -0.3 is 5.73 Å². The lowest BCUT2D eigenvalue weighted by atomic mass is 10.00. The van der Waals surface area contributed by atoms with Crippen LogP contribution in [-0.4, -0.2) is 4.98 Å². The highest BCUT2D eigenvalue weighted by atomic mass is 32.1. The van der Waals surface area contributed by atoms with E-state index in [1.165, 1.54) is 21.6 Å². The van der Waals surface area contributed by atoms with Crippen LogP contribution in [0.25, 0.3) is 0 Å². The molecule has 0 radical (unpaired) electrons. The van der Waals surface area contributed by atoms with Gasteiger partial charge in [0.25, 0.3) is 0 Å². The second-order valence-corrected chi connectivity index (χ2v) is 6.19. The van der Waals surface area contributed by atoms with Crippen LogP contribution in [0.3, 0.4) is 0 Å². The predicted molar refractivity (Wildman–Crippen MR) is 78.1 cm³/mol. The summed E-state index contributed by atoms with van der Waals surface area (Å²) in [5.41, 5.74) is 11.2. The van der Waals surface area contributed by atoms with Gasteiger partial charge in [-0.15, -0.1) is 11.3 Å². The Balaban J connectivity index is 2.16. The minimum atomic E-state index is 0.0363. The summed E-state index contributed by atoms with van der Waals surface area (Å²) in [5, 5.41) is 1.13. The molecule has 18 heavy (non-hydrogen) atoms.